The van der Waals surface area contributed by atoms with Gasteiger partial charge in [-0.1, -0.05) is 215 Å². The van der Waals surface area contributed by atoms with Crippen LogP contribution in [0.2, 0.25) is 0 Å². The van der Waals surface area contributed by atoms with Crippen LogP contribution in [0, 0.1) is 0 Å². The molecule has 372 valence electrons. The second-order valence-electron chi connectivity index (χ2n) is 17.7. The van der Waals surface area contributed by atoms with E-state index in [4.69, 9.17) is 14.2 Å². The van der Waals surface area contributed by atoms with E-state index >= 15 is 0 Å². The number of carbonyl (C=O) groups excluding carboxylic acids is 3. The maximum Gasteiger partial charge on any atom is 0.306 e. The summed E-state index contributed by atoms with van der Waals surface area (Å²) in [5.74, 6) is -1.01. The molecule has 0 heterocycles. The van der Waals surface area contributed by atoms with Gasteiger partial charge >= 0.3 is 17.9 Å². The van der Waals surface area contributed by atoms with Gasteiger partial charge in [-0.15, -0.1) is 0 Å². The highest BCUT2D eigenvalue weighted by Crippen LogP contribution is 2.14. The molecule has 0 spiro atoms. The second-order valence-corrected chi connectivity index (χ2v) is 17.7. The minimum Gasteiger partial charge on any atom is -0.462 e. The van der Waals surface area contributed by atoms with Crippen molar-refractivity contribution in [3.63, 3.8) is 0 Å². The molecule has 0 aliphatic carbocycles. The first-order valence-electron chi connectivity index (χ1n) is 27.1. The van der Waals surface area contributed by atoms with E-state index in [1.54, 1.807) is 0 Å². The molecule has 1 unspecified atom stereocenters. The van der Waals surface area contributed by atoms with Gasteiger partial charge in [-0.05, 0) is 103 Å². The van der Waals surface area contributed by atoms with Crippen LogP contribution in [0.15, 0.2) is 85.1 Å². The Morgan fingerprint density at radius 3 is 1.03 bits per heavy atom. The summed E-state index contributed by atoms with van der Waals surface area (Å²) in [4.78, 5) is 38.0. The Hall–Kier alpha value is -3.41. The monoisotopic (exact) mass is 905 g/mol. The van der Waals surface area contributed by atoms with Gasteiger partial charge in [0.05, 0.1) is 0 Å². The van der Waals surface area contributed by atoms with Crippen molar-refractivity contribution in [1.29, 1.82) is 0 Å². The van der Waals surface area contributed by atoms with E-state index in [0.29, 0.717) is 19.3 Å². The number of carbonyl (C=O) groups is 3. The summed E-state index contributed by atoms with van der Waals surface area (Å²) in [6.45, 7) is 6.43. The standard InChI is InChI=1S/C59H100O6/c1-4-7-10-13-16-19-22-25-27-29-30-31-33-34-37-40-43-46-49-52-58(61)64-55-56(54-63-57(60)51-48-45-42-39-36-24-21-18-15-12-9-6-3)65-59(62)53-50-47-44-41-38-35-32-28-26-23-20-17-14-11-8-5-2/h8,11,17-18,20-21,26,28-30,35,38,44,47,56H,4-7,9-10,12-16,19,22-25,27,31-34,36-37,39-43,45-46,48-55H2,1-3H3/b11-8-,20-17-,21-18-,28-26-,30-29-,38-35-,47-44-. The molecule has 0 fully saturated rings. The largest absolute Gasteiger partial charge is 0.462 e. The lowest BCUT2D eigenvalue weighted by Crippen LogP contribution is -2.30. The summed E-state index contributed by atoms with van der Waals surface area (Å²) < 4.78 is 16.7. The topological polar surface area (TPSA) is 78.9 Å². The van der Waals surface area contributed by atoms with E-state index in [-0.39, 0.29) is 31.6 Å². The van der Waals surface area contributed by atoms with Crippen LogP contribution in [-0.2, 0) is 28.6 Å². The van der Waals surface area contributed by atoms with Gasteiger partial charge < -0.3 is 14.2 Å². The smallest absolute Gasteiger partial charge is 0.306 e. The van der Waals surface area contributed by atoms with Crippen molar-refractivity contribution in [2.45, 2.75) is 258 Å². The first-order valence-corrected chi connectivity index (χ1v) is 27.1. The van der Waals surface area contributed by atoms with Crippen LogP contribution in [-0.4, -0.2) is 37.2 Å². The van der Waals surface area contributed by atoms with E-state index in [1.165, 1.54) is 122 Å². The van der Waals surface area contributed by atoms with Crippen molar-refractivity contribution in [3.8, 4) is 0 Å². The molecule has 0 N–H and O–H groups in total. The quantitative estimate of drug-likeness (QED) is 0.0262. The number of hydrogen-bond acceptors (Lipinski definition) is 6. The predicted octanol–water partition coefficient (Wildman–Crippen LogP) is 18.0. The van der Waals surface area contributed by atoms with Gasteiger partial charge in [-0.3, -0.25) is 14.4 Å². The van der Waals surface area contributed by atoms with E-state index in [9.17, 15) is 14.4 Å². The van der Waals surface area contributed by atoms with Crippen molar-refractivity contribution < 1.29 is 28.6 Å². The van der Waals surface area contributed by atoms with Gasteiger partial charge in [0.2, 0.25) is 0 Å². The number of ether oxygens (including phenoxy) is 3. The van der Waals surface area contributed by atoms with E-state index in [0.717, 1.165) is 83.5 Å². The van der Waals surface area contributed by atoms with Crippen LogP contribution in [0.5, 0.6) is 0 Å². The third-order valence-electron chi connectivity index (χ3n) is 11.4. The Bertz CT molecular complexity index is 1270. The van der Waals surface area contributed by atoms with E-state index in [2.05, 4.69) is 93.7 Å². The summed E-state index contributed by atoms with van der Waals surface area (Å²) in [5, 5.41) is 0. The van der Waals surface area contributed by atoms with Crippen LogP contribution >= 0.6 is 0 Å². The number of rotatable bonds is 48. The molecule has 0 aliphatic heterocycles. The van der Waals surface area contributed by atoms with Crippen LogP contribution in [0.4, 0.5) is 0 Å². The molecule has 0 amide bonds. The van der Waals surface area contributed by atoms with Crippen molar-refractivity contribution in [1.82, 2.24) is 0 Å². The van der Waals surface area contributed by atoms with Gasteiger partial charge in [0, 0.05) is 19.3 Å². The highest BCUT2D eigenvalue weighted by molar-refractivity contribution is 5.71. The molecule has 0 bridgehead atoms. The van der Waals surface area contributed by atoms with Gasteiger partial charge in [0.1, 0.15) is 13.2 Å². The number of esters is 3. The third kappa shape index (κ3) is 51.4. The average Bonchev–Trinajstić information content (AvgIpc) is 3.30. The van der Waals surface area contributed by atoms with E-state index < -0.39 is 12.1 Å². The molecule has 0 aliphatic rings. The zero-order valence-corrected chi connectivity index (χ0v) is 42.5. The van der Waals surface area contributed by atoms with Crippen LogP contribution in [0.1, 0.15) is 252 Å². The Morgan fingerprint density at radius 2 is 0.631 bits per heavy atom. The summed E-state index contributed by atoms with van der Waals surface area (Å²) in [7, 11) is 0. The SMILES string of the molecule is CC/C=C\C/C=C\C/C=C\C/C=C\C/C=C\CCC(=O)OC(COC(=O)CCCCCCC/C=C\CCCCC)COC(=O)CCCCCCCCC/C=C\CCCCCCCCCC. The van der Waals surface area contributed by atoms with Crippen molar-refractivity contribution in [3.05, 3.63) is 85.1 Å². The van der Waals surface area contributed by atoms with Crippen molar-refractivity contribution in [2.24, 2.45) is 0 Å². The third-order valence-corrected chi connectivity index (χ3v) is 11.4. The molecule has 6 nitrogen and oxygen atoms in total. The maximum atomic E-state index is 12.8. The Labute approximate surface area is 401 Å². The molecule has 0 saturated carbocycles. The zero-order valence-electron chi connectivity index (χ0n) is 42.5. The second kappa shape index (κ2) is 53.2. The lowest BCUT2D eigenvalue weighted by Gasteiger charge is -2.18. The maximum absolute atomic E-state index is 12.8. The van der Waals surface area contributed by atoms with Gasteiger partial charge in [0.15, 0.2) is 6.10 Å². The van der Waals surface area contributed by atoms with Gasteiger partial charge in [-0.25, -0.2) is 0 Å². The van der Waals surface area contributed by atoms with Crippen molar-refractivity contribution in [2.75, 3.05) is 13.2 Å². The van der Waals surface area contributed by atoms with E-state index in [1.807, 2.05) is 12.2 Å². The average molecular weight is 905 g/mol. The molecule has 1 atom stereocenters. The first-order chi connectivity index (χ1) is 32.0. The lowest BCUT2D eigenvalue weighted by molar-refractivity contribution is -0.166. The highest BCUT2D eigenvalue weighted by atomic mass is 16.6. The molecule has 0 aromatic heterocycles. The summed E-state index contributed by atoms with van der Waals surface area (Å²) in [6, 6.07) is 0. The minimum absolute atomic E-state index is 0.111. The van der Waals surface area contributed by atoms with Crippen molar-refractivity contribution >= 4 is 17.9 Å². The molecular formula is C59H100O6. The summed E-state index contributed by atoms with van der Waals surface area (Å²) in [6.07, 6.45) is 68.7. The molecule has 6 heteroatoms. The molecule has 0 radical (unpaired) electrons. The van der Waals surface area contributed by atoms with Gasteiger partial charge in [-0.2, -0.15) is 0 Å². The number of hydrogen-bond donors (Lipinski definition) is 0. The molecular weight excluding hydrogens is 805 g/mol. The number of unbranched alkanes of at least 4 members (excludes halogenated alkanes) is 23. The fourth-order valence-corrected chi connectivity index (χ4v) is 7.30. The molecule has 0 saturated heterocycles. The van der Waals surface area contributed by atoms with Gasteiger partial charge in [0.25, 0.3) is 0 Å². The lowest BCUT2D eigenvalue weighted by atomic mass is 10.1. The zero-order chi connectivity index (χ0) is 47.2. The fraction of sp³-hybridized carbons (Fsp3) is 0.712. The number of allylic oxidation sites excluding steroid dienone is 14. The fourth-order valence-electron chi connectivity index (χ4n) is 7.30. The molecule has 0 rings (SSSR count). The van der Waals surface area contributed by atoms with Crippen LogP contribution < -0.4 is 0 Å². The molecule has 0 aromatic carbocycles. The summed E-state index contributed by atoms with van der Waals surface area (Å²) >= 11 is 0. The molecule has 65 heavy (non-hydrogen) atoms. The first kappa shape index (κ1) is 61.6. The molecule has 0 aromatic rings. The highest BCUT2D eigenvalue weighted by Gasteiger charge is 2.19. The van der Waals surface area contributed by atoms with Crippen LogP contribution in [0.3, 0.4) is 0 Å². The normalized spacial score (nSPS) is 12.7. The van der Waals surface area contributed by atoms with Crippen LogP contribution in [0.25, 0.3) is 0 Å². The minimum atomic E-state index is -0.821. The Kier molecular flexibility index (Phi) is 50.4. The Balaban J connectivity index is 4.46. The predicted molar refractivity (Wildman–Crippen MR) is 279 cm³/mol. The Morgan fingerprint density at radius 1 is 0.323 bits per heavy atom. The summed E-state index contributed by atoms with van der Waals surface area (Å²) in [5.41, 5.74) is 0.